The lowest BCUT2D eigenvalue weighted by atomic mass is 9.81. The van der Waals surface area contributed by atoms with Gasteiger partial charge in [-0.05, 0) is 38.2 Å². The molecule has 0 aromatic heterocycles. The van der Waals surface area contributed by atoms with Crippen molar-refractivity contribution in [3.05, 3.63) is 33.9 Å². The fraction of sp³-hybridized carbons (Fsp3) is 0.524. The maximum absolute atomic E-state index is 13.0. The Morgan fingerprint density at radius 3 is 2.33 bits per heavy atom. The third kappa shape index (κ3) is 3.96. The van der Waals surface area contributed by atoms with E-state index in [2.05, 4.69) is 37.2 Å². The summed E-state index contributed by atoms with van der Waals surface area (Å²) in [4.78, 5) is 62.3. The van der Waals surface area contributed by atoms with Crippen LogP contribution in [0, 0.1) is 40.7 Å². The van der Waals surface area contributed by atoms with E-state index in [1.54, 1.807) is 6.92 Å². The van der Waals surface area contributed by atoms with Gasteiger partial charge in [-0.1, -0.05) is 37.9 Å². The lowest BCUT2D eigenvalue weighted by Gasteiger charge is -2.28. The van der Waals surface area contributed by atoms with Gasteiger partial charge in [-0.15, -0.1) is 0 Å². The van der Waals surface area contributed by atoms with Gasteiger partial charge in [0.2, 0.25) is 11.8 Å². The SMILES string of the molecule is Cc1ccc(NC(=O)COC(=O)[C@H](C)N2C(=O)[C@@H]3[C@H]4C[C@@H]([C@H](Br)[C@H]4Br)[C@H]3C2=O)cc1[N+](=O)[O-]. The molecule has 0 radical (unpaired) electrons. The molecule has 1 heterocycles. The molecular weight excluding hydrogens is 566 g/mol. The number of carbonyl (C=O) groups excluding carboxylic acids is 4. The van der Waals surface area contributed by atoms with Crippen LogP contribution in [0.4, 0.5) is 11.4 Å². The Morgan fingerprint density at radius 2 is 1.79 bits per heavy atom. The van der Waals surface area contributed by atoms with Crippen molar-refractivity contribution in [3.63, 3.8) is 0 Å². The van der Waals surface area contributed by atoms with Crippen molar-refractivity contribution in [2.24, 2.45) is 23.7 Å². The van der Waals surface area contributed by atoms with Gasteiger partial charge >= 0.3 is 5.97 Å². The molecule has 33 heavy (non-hydrogen) atoms. The molecule has 7 atom stereocenters. The third-order valence-electron chi connectivity index (χ3n) is 6.78. The number of benzene rings is 1. The van der Waals surface area contributed by atoms with Crippen LogP contribution in [0.3, 0.4) is 0 Å². The van der Waals surface area contributed by atoms with Crippen LogP contribution >= 0.6 is 31.9 Å². The van der Waals surface area contributed by atoms with Gasteiger partial charge in [-0.3, -0.25) is 29.4 Å². The average molecular weight is 587 g/mol. The number of likely N-dealkylation sites (tertiary alicyclic amines) is 1. The van der Waals surface area contributed by atoms with E-state index < -0.39 is 41.3 Å². The fourth-order valence-electron chi connectivity index (χ4n) is 5.20. The molecule has 4 rings (SSSR count). The molecule has 10 nitrogen and oxygen atoms in total. The van der Waals surface area contributed by atoms with Crippen molar-refractivity contribution in [2.75, 3.05) is 11.9 Å². The molecule has 1 N–H and O–H groups in total. The molecule has 176 valence electrons. The second kappa shape index (κ2) is 8.79. The van der Waals surface area contributed by atoms with Crippen LogP contribution in [0.1, 0.15) is 18.9 Å². The number of fused-ring (bicyclic) bond motifs is 5. The molecule has 0 spiro atoms. The number of nitrogens with zero attached hydrogens (tertiary/aromatic N) is 2. The van der Waals surface area contributed by atoms with Gasteiger partial charge in [-0.25, -0.2) is 4.79 Å². The number of nitrogens with one attached hydrogen (secondary N) is 1. The predicted octanol–water partition coefficient (Wildman–Crippen LogP) is 2.55. The molecule has 12 heteroatoms. The minimum Gasteiger partial charge on any atom is -0.454 e. The summed E-state index contributed by atoms with van der Waals surface area (Å²) in [5.41, 5.74) is 0.470. The number of ether oxygens (including phenoxy) is 1. The zero-order chi connectivity index (χ0) is 24.2. The van der Waals surface area contributed by atoms with Crippen molar-refractivity contribution in [1.29, 1.82) is 0 Å². The van der Waals surface area contributed by atoms with Crippen molar-refractivity contribution < 1.29 is 28.8 Å². The lowest BCUT2D eigenvalue weighted by Crippen LogP contribution is -2.45. The summed E-state index contributed by atoms with van der Waals surface area (Å²) in [7, 11) is 0. The van der Waals surface area contributed by atoms with Gasteiger partial charge in [0, 0.05) is 27.0 Å². The topological polar surface area (TPSA) is 136 Å². The Bertz CT molecular complexity index is 1030. The molecule has 1 aromatic rings. The van der Waals surface area contributed by atoms with E-state index in [4.69, 9.17) is 4.74 Å². The first-order chi connectivity index (χ1) is 15.5. The third-order valence-corrected chi connectivity index (χ3v) is 9.99. The molecule has 3 aliphatic rings. The predicted molar refractivity (Wildman–Crippen MR) is 123 cm³/mol. The maximum atomic E-state index is 13.0. The highest BCUT2D eigenvalue weighted by Gasteiger charge is 2.67. The highest BCUT2D eigenvalue weighted by molar-refractivity contribution is 9.12. The number of alkyl halides is 2. The van der Waals surface area contributed by atoms with Crippen molar-refractivity contribution in [3.8, 4) is 0 Å². The Labute approximate surface area is 205 Å². The number of hydrogen-bond donors (Lipinski definition) is 1. The maximum Gasteiger partial charge on any atom is 0.329 e. The van der Waals surface area contributed by atoms with Gasteiger partial charge in [-0.2, -0.15) is 0 Å². The summed E-state index contributed by atoms with van der Waals surface area (Å²) in [6.45, 7) is 2.31. The van der Waals surface area contributed by atoms with E-state index in [9.17, 15) is 29.3 Å². The van der Waals surface area contributed by atoms with E-state index in [-0.39, 0.29) is 44.7 Å². The summed E-state index contributed by atoms with van der Waals surface area (Å²) in [5, 5.41) is 13.5. The molecule has 3 amide bonds. The van der Waals surface area contributed by atoms with E-state index >= 15 is 0 Å². The van der Waals surface area contributed by atoms with Gasteiger partial charge in [0.25, 0.3) is 11.6 Å². The van der Waals surface area contributed by atoms with Crippen LogP contribution in [0.5, 0.6) is 0 Å². The highest BCUT2D eigenvalue weighted by Crippen LogP contribution is 2.60. The second-order valence-electron chi connectivity index (χ2n) is 8.64. The van der Waals surface area contributed by atoms with Crippen LogP contribution in [-0.4, -0.2) is 55.8 Å². The zero-order valence-corrected chi connectivity index (χ0v) is 20.9. The first-order valence-electron chi connectivity index (χ1n) is 10.4. The summed E-state index contributed by atoms with van der Waals surface area (Å²) in [6.07, 6.45) is 0.780. The summed E-state index contributed by atoms with van der Waals surface area (Å²) >= 11 is 7.22. The number of amides is 3. The largest absolute Gasteiger partial charge is 0.454 e. The Morgan fingerprint density at radius 1 is 1.21 bits per heavy atom. The highest BCUT2D eigenvalue weighted by atomic mass is 79.9. The molecular formula is C21H21Br2N3O7. The number of esters is 1. The number of carbonyl (C=O) groups is 4. The number of nitro benzene ring substituents is 1. The van der Waals surface area contributed by atoms with Crippen molar-refractivity contribution >= 4 is 66.9 Å². The monoisotopic (exact) mass is 585 g/mol. The Kier molecular flexibility index (Phi) is 6.34. The second-order valence-corrected chi connectivity index (χ2v) is 10.8. The number of hydrogen-bond acceptors (Lipinski definition) is 7. The quantitative estimate of drug-likeness (QED) is 0.178. The van der Waals surface area contributed by atoms with E-state index in [0.717, 1.165) is 11.3 Å². The van der Waals surface area contributed by atoms with Gasteiger partial charge < -0.3 is 10.1 Å². The van der Waals surface area contributed by atoms with Gasteiger partial charge in [0.05, 0.1) is 16.8 Å². The number of anilines is 1. The minimum atomic E-state index is -1.16. The Balaban J connectivity index is 1.36. The minimum absolute atomic E-state index is 0.0263. The number of halogens is 2. The number of rotatable bonds is 6. The molecule has 2 saturated carbocycles. The first-order valence-corrected chi connectivity index (χ1v) is 12.2. The molecule has 0 unspecified atom stereocenters. The van der Waals surface area contributed by atoms with Crippen LogP contribution in [-0.2, 0) is 23.9 Å². The van der Waals surface area contributed by atoms with Crippen LogP contribution in [0.2, 0.25) is 0 Å². The van der Waals surface area contributed by atoms with Crippen molar-refractivity contribution in [2.45, 2.75) is 36.0 Å². The zero-order valence-electron chi connectivity index (χ0n) is 17.7. The van der Waals surface area contributed by atoms with E-state index in [0.29, 0.717) is 5.56 Å². The molecule has 1 aliphatic heterocycles. The number of aryl methyl sites for hydroxylation is 1. The number of nitro groups is 1. The standard InChI is InChI=1S/C21H21Br2N3O7/c1-8-3-4-10(5-13(8)26(31)32)24-14(27)7-33-21(30)9(2)25-19(28)15-11-6-12(16(15)20(25)29)18(23)17(11)22/h3-5,9,11-12,15-18H,6-7H2,1-2H3,(H,24,27)/t9-,11+,12+,15+,16+,17-,18-/m0/s1. The van der Waals surface area contributed by atoms with Crippen molar-refractivity contribution in [1.82, 2.24) is 4.90 Å². The molecule has 2 bridgehead atoms. The summed E-state index contributed by atoms with van der Waals surface area (Å²) in [5.74, 6) is -3.17. The van der Waals surface area contributed by atoms with Crippen LogP contribution in [0.25, 0.3) is 0 Å². The summed E-state index contributed by atoms with van der Waals surface area (Å²) < 4.78 is 5.03. The first kappa shape index (κ1) is 23.8. The van der Waals surface area contributed by atoms with E-state index in [1.165, 1.54) is 25.1 Å². The molecule has 1 aromatic carbocycles. The lowest BCUT2D eigenvalue weighted by molar-refractivity contribution is -0.385. The molecule has 2 aliphatic carbocycles. The van der Waals surface area contributed by atoms with E-state index in [1.807, 2.05) is 0 Å². The van der Waals surface area contributed by atoms with Crippen LogP contribution < -0.4 is 5.32 Å². The molecule has 3 fully saturated rings. The van der Waals surface area contributed by atoms with Crippen LogP contribution in [0.15, 0.2) is 18.2 Å². The van der Waals surface area contributed by atoms with Gasteiger partial charge in [0.15, 0.2) is 6.61 Å². The molecule has 1 saturated heterocycles. The summed E-state index contributed by atoms with van der Waals surface area (Å²) in [6, 6.07) is 3.03. The number of imide groups is 1. The normalized spacial score (nSPS) is 30.8. The van der Waals surface area contributed by atoms with Gasteiger partial charge in [0.1, 0.15) is 6.04 Å². The average Bonchev–Trinajstić information content (AvgIpc) is 3.37. The Hall–Kier alpha value is -2.34. The fourth-order valence-corrected chi connectivity index (χ4v) is 7.07. The smallest absolute Gasteiger partial charge is 0.329 e.